The Morgan fingerprint density at radius 3 is 2.06 bits per heavy atom. The minimum Gasteiger partial charge on any atom is -0.381 e. The Morgan fingerprint density at radius 2 is 1.78 bits per heavy atom. The Kier molecular flexibility index (Phi) is 11.0. The maximum atomic E-state index is 7.90. The summed E-state index contributed by atoms with van der Waals surface area (Å²) >= 11 is 0. The number of hydrogen-bond acceptors (Lipinski definition) is 2. The van der Waals surface area contributed by atoms with Crippen molar-refractivity contribution in [3.63, 3.8) is 0 Å². The summed E-state index contributed by atoms with van der Waals surface area (Å²) in [5.41, 5.74) is 8.57. The van der Waals surface area contributed by atoms with Crippen molar-refractivity contribution in [2.24, 2.45) is 5.11 Å². The number of nitrogens with zero attached hydrogens (tertiary/aromatic N) is 3. The van der Waals surface area contributed by atoms with Crippen LogP contribution < -0.4 is 0 Å². The van der Waals surface area contributed by atoms with E-state index in [9.17, 15) is 0 Å². The summed E-state index contributed by atoms with van der Waals surface area (Å²) in [5, 5.41) is 3.35. The molecule has 2 aromatic rings. The van der Waals surface area contributed by atoms with Crippen LogP contribution in [0.2, 0.25) is 0 Å². The van der Waals surface area contributed by atoms with E-state index >= 15 is 0 Å². The van der Waals surface area contributed by atoms with Crippen molar-refractivity contribution in [3.05, 3.63) is 65.0 Å². The van der Waals surface area contributed by atoms with Gasteiger partial charge < -0.3 is 4.74 Å². The molecule has 0 N–H and O–H groups in total. The van der Waals surface area contributed by atoms with E-state index in [-0.39, 0.29) is 17.1 Å². The molecule has 0 unspecified atom stereocenters. The predicted octanol–water partition coefficient (Wildman–Crippen LogP) is 4.16. The summed E-state index contributed by atoms with van der Waals surface area (Å²) in [5.74, 6) is 0. The van der Waals surface area contributed by atoms with E-state index in [0.29, 0.717) is 5.69 Å². The first kappa shape index (κ1) is 16.5. The van der Waals surface area contributed by atoms with Crippen molar-refractivity contribution in [1.82, 2.24) is 0 Å². The van der Waals surface area contributed by atoms with E-state index in [0.717, 1.165) is 13.2 Å². The average molecular weight is 285 g/mol. The van der Waals surface area contributed by atoms with Crippen LogP contribution in [0.3, 0.4) is 0 Å². The zero-order valence-electron chi connectivity index (χ0n) is 9.92. The van der Waals surface area contributed by atoms with Crippen LogP contribution in [0.25, 0.3) is 10.4 Å². The number of hydrogen-bond donors (Lipinski definition) is 0. The van der Waals surface area contributed by atoms with E-state index in [4.69, 9.17) is 10.3 Å². The van der Waals surface area contributed by atoms with Crippen LogP contribution in [0, 0.1) is 0 Å². The van der Waals surface area contributed by atoms with Crippen LogP contribution in [-0.2, 0) is 21.8 Å². The fraction of sp³-hybridized carbons (Fsp3) is 0.231. The van der Waals surface area contributed by atoms with Crippen LogP contribution in [0.15, 0.2) is 59.7 Å². The molecule has 96 valence electrons. The van der Waals surface area contributed by atoms with Crippen LogP contribution in [-0.4, -0.2) is 13.2 Å². The van der Waals surface area contributed by atoms with E-state index in [1.54, 1.807) is 12.1 Å². The Balaban J connectivity index is 0.000000250. The predicted molar refractivity (Wildman–Crippen MR) is 68.3 cm³/mol. The topological polar surface area (TPSA) is 58.0 Å². The molecule has 0 aliphatic carbocycles. The van der Waals surface area contributed by atoms with Gasteiger partial charge in [-0.15, -0.1) is 0 Å². The Labute approximate surface area is 117 Å². The first-order valence-corrected chi connectivity index (χ1v) is 5.44. The molecular formula is C13H15FeN3O. The molecule has 2 aromatic carbocycles. The maximum Gasteiger partial charge on any atom is 2.00 e. The Morgan fingerprint density at radius 1 is 1.17 bits per heavy atom. The fourth-order valence-electron chi connectivity index (χ4n) is 0.947. The first-order valence-electron chi connectivity index (χ1n) is 5.44. The fourth-order valence-corrected chi connectivity index (χ4v) is 0.947. The first-order chi connectivity index (χ1) is 8.43. The number of ether oxygens (including phenoxy) is 1. The quantitative estimate of drug-likeness (QED) is 0.255. The van der Waals surface area contributed by atoms with Crippen molar-refractivity contribution in [1.29, 1.82) is 0 Å². The SMILES string of the molecule is C1COC1.[Fe+2].[N-]=[N+]=Nc1ccc[cH-]1.c1cc[cH-]c1. The third kappa shape index (κ3) is 8.62. The normalized spacial score (nSPS) is 11.1. The smallest absolute Gasteiger partial charge is 0.381 e. The molecule has 0 radical (unpaired) electrons. The van der Waals surface area contributed by atoms with Crippen molar-refractivity contribution < 1.29 is 21.8 Å². The molecule has 0 spiro atoms. The maximum absolute atomic E-state index is 7.90. The molecule has 0 saturated carbocycles. The number of rotatable bonds is 1. The van der Waals surface area contributed by atoms with Gasteiger partial charge in [0.2, 0.25) is 0 Å². The van der Waals surface area contributed by atoms with Gasteiger partial charge in [-0.25, -0.2) is 24.3 Å². The van der Waals surface area contributed by atoms with Crippen molar-refractivity contribution >= 4 is 5.69 Å². The van der Waals surface area contributed by atoms with E-state index in [1.807, 2.05) is 42.5 Å². The van der Waals surface area contributed by atoms with E-state index < -0.39 is 0 Å². The van der Waals surface area contributed by atoms with Gasteiger partial charge in [0.05, 0.1) is 0 Å². The summed E-state index contributed by atoms with van der Waals surface area (Å²) in [6.07, 6.45) is 1.28. The molecule has 1 fully saturated rings. The molecule has 0 aromatic heterocycles. The standard InChI is InChI=1S/C5H4N3.C5H5.C3H6O.Fe/c6-8-7-5-3-1-2-4-5;1-2-4-5-3-1;1-2-4-3-1;/h1-4H;1-5H;1-3H2;/q2*-1;;+2. The molecule has 4 nitrogen and oxygen atoms in total. The minimum atomic E-state index is 0. The van der Waals surface area contributed by atoms with Crippen molar-refractivity contribution in [2.75, 3.05) is 13.2 Å². The molecule has 0 amide bonds. The largest absolute Gasteiger partial charge is 2.00 e. The van der Waals surface area contributed by atoms with Crippen LogP contribution >= 0.6 is 0 Å². The monoisotopic (exact) mass is 285 g/mol. The van der Waals surface area contributed by atoms with Gasteiger partial charge in [0.15, 0.2) is 0 Å². The molecule has 1 heterocycles. The zero-order valence-corrected chi connectivity index (χ0v) is 11.0. The molecular weight excluding hydrogens is 270 g/mol. The van der Waals surface area contributed by atoms with Gasteiger partial charge in [0.1, 0.15) is 0 Å². The third-order valence-electron chi connectivity index (χ3n) is 1.94. The Bertz CT molecular complexity index is 380. The second kappa shape index (κ2) is 12.0. The van der Waals surface area contributed by atoms with Gasteiger partial charge in [-0.1, -0.05) is 10.8 Å². The molecule has 1 saturated heterocycles. The summed E-state index contributed by atoms with van der Waals surface area (Å²) in [4.78, 5) is 2.60. The summed E-state index contributed by atoms with van der Waals surface area (Å²) < 4.78 is 4.72. The summed E-state index contributed by atoms with van der Waals surface area (Å²) in [6.45, 7) is 2.00. The van der Waals surface area contributed by atoms with Gasteiger partial charge >= 0.3 is 17.1 Å². The summed E-state index contributed by atoms with van der Waals surface area (Å²) in [7, 11) is 0. The van der Waals surface area contributed by atoms with Gasteiger partial charge in [-0.3, -0.25) is 0 Å². The molecule has 0 atom stereocenters. The molecule has 3 rings (SSSR count). The zero-order chi connectivity index (χ0) is 12.2. The molecule has 1 aliphatic heterocycles. The molecule has 5 heteroatoms. The average Bonchev–Trinajstić information content (AvgIpc) is 2.90. The second-order valence-corrected chi connectivity index (χ2v) is 3.26. The minimum absolute atomic E-state index is 0. The molecule has 1 aliphatic rings. The Hall–Kier alpha value is -1.51. The third-order valence-corrected chi connectivity index (χ3v) is 1.94. The van der Waals surface area contributed by atoms with Gasteiger partial charge in [-0.2, -0.15) is 30.3 Å². The molecule has 0 bridgehead atoms. The van der Waals surface area contributed by atoms with E-state index in [2.05, 4.69) is 10.0 Å². The van der Waals surface area contributed by atoms with Gasteiger partial charge in [-0.05, 0) is 12.0 Å². The second-order valence-electron chi connectivity index (χ2n) is 3.26. The molecule has 18 heavy (non-hydrogen) atoms. The number of azide groups is 1. The van der Waals surface area contributed by atoms with Gasteiger partial charge in [0.25, 0.3) is 0 Å². The van der Waals surface area contributed by atoms with Crippen LogP contribution in [0.1, 0.15) is 6.42 Å². The van der Waals surface area contributed by atoms with E-state index in [1.165, 1.54) is 6.42 Å². The van der Waals surface area contributed by atoms with Crippen molar-refractivity contribution in [3.8, 4) is 0 Å². The van der Waals surface area contributed by atoms with Crippen molar-refractivity contribution in [2.45, 2.75) is 6.42 Å². The van der Waals surface area contributed by atoms with Gasteiger partial charge in [0, 0.05) is 18.1 Å². The van der Waals surface area contributed by atoms with Crippen LogP contribution in [0.5, 0.6) is 0 Å². The summed E-state index contributed by atoms with van der Waals surface area (Å²) in [6, 6.07) is 17.1. The van der Waals surface area contributed by atoms with Crippen LogP contribution in [0.4, 0.5) is 5.69 Å².